The highest BCUT2D eigenvalue weighted by atomic mass is 19.1. The van der Waals surface area contributed by atoms with Gasteiger partial charge < -0.3 is 20.1 Å². The third kappa shape index (κ3) is 3.70. The average molecular weight is 437 g/mol. The fourth-order valence-electron chi connectivity index (χ4n) is 4.57. The number of benzene rings is 1. The second kappa shape index (κ2) is 8.27. The molecule has 4 atom stereocenters. The highest BCUT2D eigenvalue weighted by Crippen LogP contribution is 2.34. The summed E-state index contributed by atoms with van der Waals surface area (Å²) in [6, 6.07) is 5.34. The molecule has 2 bridgehead atoms. The van der Waals surface area contributed by atoms with Crippen LogP contribution < -0.4 is 15.0 Å². The number of hydrogen-bond donors (Lipinski definition) is 2. The number of anilines is 1. The van der Waals surface area contributed by atoms with E-state index in [9.17, 15) is 9.50 Å². The molecule has 0 amide bonds. The molecule has 32 heavy (non-hydrogen) atoms. The molecule has 2 saturated heterocycles. The van der Waals surface area contributed by atoms with Crippen LogP contribution in [0.3, 0.4) is 0 Å². The number of rotatable bonds is 5. The lowest BCUT2D eigenvalue weighted by Gasteiger charge is -2.38. The molecule has 0 unspecified atom stereocenters. The minimum atomic E-state index is -0.939. The standard InChI is InChI=1S/C22H24FN7O2/c1-30(17-8-13-4-6-15(28-13)20(17)23)19-10-24-16(9-25-19)14-5-3-12(7-18(14)31)21-26-11-27-22(29-21)32-2/h3,5,7,9-11,13,15,17,20,28,31H,4,6,8H2,1-2H3/t13-,15+,17-,20+/m0/s1. The molecule has 0 saturated carbocycles. The van der Waals surface area contributed by atoms with Gasteiger partial charge in [-0.2, -0.15) is 9.97 Å². The first kappa shape index (κ1) is 20.5. The Morgan fingerprint density at radius 2 is 2.03 bits per heavy atom. The van der Waals surface area contributed by atoms with E-state index in [1.807, 2.05) is 11.9 Å². The maximum absolute atomic E-state index is 14.9. The molecule has 2 aromatic heterocycles. The zero-order valence-electron chi connectivity index (χ0n) is 17.8. The third-order valence-corrected chi connectivity index (χ3v) is 6.32. The van der Waals surface area contributed by atoms with E-state index in [0.29, 0.717) is 34.5 Å². The number of fused-ring (bicyclic) bond motifs is 2. The van der Waals surface area contributed by atoms with Gasteiger partial charge in [0, 0.05) is 30.3 Å². The van der Waals surface area contributed by atoms with Crippen molar-refractivity contribution in [2.45, 2.75) is 43.6 Å². The first-order valence-electron chi connectivity index (χ1n) is 10.6. The van der Waals surface area contributed by atoms with Gasteiger partial charge in [0.1, 0.15) is 24.1 Å². The molecule has 3 aromatic rings. The summed E-state index contributed by atoms with van der Waals surface area (Å²) in [5.41, 5.74) is 1.66. The molecule has 4 heterocycles. The SMILES string of the molecule is COc1ncnc(-c2ccc(-c3cnc(N(C)[C@H]4C[C@@H]5CC[C@@H](N5)[C@H]4F)cn3)c(O)c2)n1. The topological polar surface area (TPSA) is 109 Å². The number of phenolic OH excluding ortho intramolecular Hbond substituents is 1. The van der Waals surface area contributed by atoms with Crippen molar-refractivity contribution in [1.82, 2.24) is 30.2 Å². The van der Waals surface area contributed by atoms with E-state index in [0.717, 1.165) is 19.3 Å². The van der Waals surface area contributed by atoms with Crippen molar-refractivity contribution in [3.63, 3.8) is 0 Å². The van der Waals surface area contributed by atoms with Crippen LogP contribution in [0, 0.1) is 0 Å². The van der Waals surface area contributed by atoms with Crippen molar-refractivity contribution in [3.8, 4) is 34.4 Å². The molecule has 166 valence electrons. The van der Waals surface area contributed by atoms with Crippen molar-refractivity contribution in [2.24, 2.45) is 0 Å². The normalized spacial score (nSPS) is 24.3. The summed E-state index contributed by atoms with van der Waals surface area (Å²) in [6.45, 7) is 0. The van der Waals surface area contributed by atoms with Gasteiger partial charge in [0.05, 0.1) is 31.2 Å². The van der Waals surface area contributed by atoms with Gasteiger partial charge in [-0.15, -0.1) is 0 Å². The van der Waals surface area contributed by atoms with Crippen LogP contribution in [0.5, 0.6) is 11.8 Å². The van der Waals surface area contributed by atoms with Gasteiger partial charge in [0.25, 0.3) is 0 Å². The molecule has 2 aliphatic heterocycles. The largest absolute Gasteiger partial charge is 0.507 e. The zero-order valence-corrected chi connectivity index (χ0v) is 17.8. The number of aromatic hydroxyl groups is 1. The van der Waals surface area contributed by atoms with Crippen LogP contribution in [-0.4, -0.2) is 68.5 Å². The summed E-state index contributed by atoms with van der Waals surface area (Å²) in [6.07, 6.45) is 6.28. The molecule has 0 aliphatic carbocycles. The molecule has 2 N–H and O–H groups in total. The van der Waals surface area contributed by atoms with E-state index in [1.165, 1.54) is 13.4 Å². The Morgan fingerprint density at radius 1 is 1.16 bits per heavy atom. The molecule has 1 aromatic carbocycles. The Balaban J connectivity index is 1.35. The van der Waals surface area contributed by atoms with Crippen molar-refractivity contribution in [1.29, 1.82) is 0 Å². The fraction of sp³-hybridized carbons (Fsp3) is 0.409. The maximum atomic E-state index is 14.9. The molecule has 5 rings (SSSR count). The number of aromatic nitrogens is 5. The van der Waals surface area contributed by atoms with Crippen molar-refractivity contribution in [2.75, 3.05) is 19.1 Å². The highest BCUT2D eigenvalue weighted by Gasteiger charge is 2.43. The molecule has 2 aliphatic rings. The number of methoxy groups -OCH3 is 1. The van der Waals surface area contributed by atoms with E-state index < -0.39 is 6.17 Å². The summed E-state index contributed by atoms with van der Waals surface area (Å²) >= 11 is 0. The van der Waals surface area contributed by atoms with E-state index >= 15 is 0 Å². The van der Waals surface area contributed by atoms with Gasteiger partial charge in [-0.3, -0.25) is 4.98 Å². The lowest BCUT2D eigenvalue weighted by molar-refractivity contribution is 0.176. The smallest absolute Gasteiger partial charge is 0.319 e. The molecular weight excluding hydrogens is 413 g/mol. The summed E-state index contributed by atoms with van der Waals surface area (Å²) < 4.78 is 19.9. The molecule has 10 heteroatoms. The second-order valence-electron chi connectivity index (χ2n) is 8.19. The fourth-order valence-corrected chi connectivity index (χ4v) is 4.57. The zero-order chi connectivity index (χ0) is 22.2. The predicted molar refractivity (Wildman–Crippen MR) is 116 cm³/mol. The number of piperidine rings is 1. The van der Waals surface area contributed by atoms with E-state index in [1.54, 1.807) is 30.6 Å². The number of halogens is 1. The number of ether oxygens (including phenoxy) is 1. The minimum absolute atomic E-state index is 0.0241. The second-order valence-corrected chi connectivity index (χ2v) is 8.19. The maximum Gasteiger partial charge on any atom is 0.319 e. The Bertz CT molecular complexity index is 1110. The van der Waals surface area contributed by atoms with Crippen LogP contribution >= 0.6 is 0 Å². The number of nitrogens with one attached hydrogen (secondary N) is 1. The Kier molecular flexibility index (Phi) is 5.30. The van der Waals surface area contributed by atoms with Crippen LogP contribution in [0.1, 0.15) is 19.3 Å². The Labute approximate surface area is 184 Å². The first-order valence-corrected chi connectivity index (χ1v) is 10.6. The van der Waals surface area contributed by atoms with Crippen molar-refractivity contribution in [3.05, 3.63) is 36.9 Å². The Hall–Kier alpha value is -3.40. The number of alkyl halides is 1. The number of hydrogen-bond acceptors (Lipinski definition) is 9. The molecule has 9 nitrogen and oxygen atoms in total. The first-order chi connectivity index (χ1) is 15.5. The van der Waals surface area contributed by atoms with Gasteiger partial charge in [0.15, 0.2) is 5.82 Å². The Morgan fingerprint density at radius 3 is 2.78 bits per heavy atom. The van der Waals surface area contributed by atoms with Crippen LogP contribution in [0.2, 0.25) is 0 Å². The monoisotopic (exact) mass is 437 g/mol. The van der Waals surface area contributed by atoms with Gasteiger partial charge in [0.2, 0.25) is 0 Å². The lowest BCUT2D eigenvalue weighted by atomic mass is 9.96. The van der Waals surface area contributed by atoms with E-state index in [-0.39, 0.29) is 23.8 Å². The van der Waals surface area contributed by atoms with Gasteiger partial charge >= 0.3 is 6.01 Å². The number of nitrogens with zero attached hydrogens (tertiary/aromatic N) is 6. The van der Waals surface area contributed by atoms with Crippen LogP contribution in [0.15, 0.2) is 36.9 Å². The average Bonchev–Trinajstić information content (AvgIpc) is 3.24. The summed E-state index contributed by atoms with van der Waals surface area (Å²) in [5.74, 6) is 1.02. The van der Waals surface area contributed by atoms with E-state index in [2.05, 4.69) is 30.2 Å². The van der Waals surface area contributed by atoms with Crippen LogP contribution in [-0.2, 0) is 0 Å². The molecule has 0 radical (unpaired) electrons. The highest BCUT2D eigenvalue weighted by molar-refractivity contribution is 5.71. The number of phenols is 1. The predicted octanol–water partition coefficient (Wildman–Crippen LogP) is 2.38. The summed E-state index contributed by atoms with van der Waals surface area (Å²) in [4.78, 5) is 23.0. The third-order valence-electron chi connectivity index (χ3n) is 6.32. The van der Waals surface area contributed by atoms with Crippen LogP contribution in [0.4, 0.5) is 10.2 Å². The lowest BCUT2D eigenvalue weighted by Crippen LogP contribution is -2.55. The van der Waals surface area contributed by atoms with Crippen molar-refractivity contribution >= 4 is 5.82 Å². The van der Waals surface area contributed by atoms with Gasteiger partial charge in [-0.05, 0) is 31.4 Å². The molecule has 2 fully saturated rings. The van der Waals surface area contributed by atoms with Crippen LogP contribution in [0.25, 0.3) is 22.6 Å². The van der Waals surface area contributed by atoms with Gasteiger partial charge in [-0.25, -0.2) is 14.4 Å². The molecule has 0 spiro atoms. The van der Waals surface area contributed by atoms with Crippen molar-refractivity contribution < 1.29 is 14.2 Å². The van der Waals surface area contributed by atoms with Gasteiger partial charge in [-0.1, -0.05) is 6.07 Å². The summed E-state index contributed by atoms with van der Waals surface area (Å²) in [5, 5.41) is 13.9. The molecular formula is C22H24FN7O2. The van der Waals surface area contributed by atoms with E-state index in [4.69, 9.17) is 4.74 Å². The quantitative estimate of drug-likeness (QED) is 0.622. The minimum Gasteiger partial charge on any atom is -0.507 e. The summed E-state index contributed by atoms with van der Waals surface area (Å²) in [7, 11) is 3.34.